The van der Waals surface area contributed by atoms with Crippen molar-refractivity contribution >= 4 is 39.1 Å². The summed E-state index contributed by atoms with van der Waals surface area (Å²) in [5.41, 5.74) is 0.477. The Bertz CT molecular complexity index is 1050. The molecule has 1 aliphatic rings. The number of alkyl halides is 2. The summed E-state index contributed by atoms with van der Waals surface area (Å²) in [5, 5.41) is 10.6. The third-order valence-electron chi connectivity index (χ3n) is 4.51. The number of nitrogens with zero attached hydrogens (tertiary/aromatic N) is 4. The Labute approximate surface area is 184 Å². The molecule has 4 rings (SSSR count). The van der Waals surface area contributed by atoms with Gasteiger partial charge < -0.3 is 10.1 Å². The van der Waals surface area contributed by atoms with Gasteiger partial charge in [-0.3, -0.25) is 9.48 Å². The molecule has 0 saturated heterocycles. The molecule has 0 spiro atoms. The van der Waals surface area contributed by atoms with Crippen LogP contribution in [0, 0.1) is 0 Å². The normalized spacial score (nSPS) is 13.6. The summed E-state index contributed by atoms with van der Waals surface area (Å²) in [6.07, 6.45) is 2.00. The van der Waals surface area contributed by atoms with Crippen LogP contribution in [0.3, 0.4) is 0 Å². The lowest BCUT2D eigenvalue weighted by Gasteiger charge is -2.07. The number of amides is 1. The minimum Gasteiger partial charge on any atom is -0.471 e. The molecule has 2 aromatic heterocycles. The molecule has 3 aromatic rings. The average Bonchev–Trinajstić information content (AvgIpc) is 3.35. The maximum absolute atomic E-state index is 13.1. The molecule has 2 heterocycles. The summed E-state index contributed by atoms with van der Waals surface area (Å²) in [5.74, 6) is 0.339. The van der Waals surface area contributed by atoms with E-state index in [4.69, 9.17) is 16.3 Å². The molecular weight excluding hydrogens is 484 g/mol. The number of nitrogens with one attached hydrogen (secondary N) is 1. The molecule has 0 bridgehead atoms. The van der Waals surface area contributed by atoms with E-state index in [1.807, 2.05) is 24.3 Å². The minimum absolute atomic E-state index is 0.0433. The van der Waals surface area contributed by atoms with Crippen LogP contribution in [0.25, 0.3) is 0 Å². The lowest BCUT2D eigenvalue weighted by Crippen LogP contribution is -2.20. The molecule has 0 aliphatic heterocycles. The highest BCUT2D eigenvalue weighted by Crippen LogP contribution is 2.45. The van der Waals surface area contributed by atoms with Crippen molar-refractivity contribution in [1.29, 1.82) is 0 Å². The zero-order valence-corrected chi connectivity index (χ0v) is 17.9. The van der Waals surface area contributed by atoms with Crippen LogP contribution in [0.5, 0.6) is 5.75 Å². The van der Waals surface area contributed by atoms with E-state index in [2.05, 4.69) is 31.4 Å². The number of aromatic nitrogens is 4. The van der Waals surface area contributed by atoms with Crippen LogP contribution in [0.4, 0.5) is 14.5 Å². The molecular formula is C19H17BrClF2N5O2. The lowest BCUT2D eigenvalue weighted by atomic mass is 10.2. The van der Waals surface area contributed by atoms with E-state index in [0.717, 1.165) is 17.3 Å². The van der Waals surface area contributed by atoms with Crippen LogP contribution in [-0.4, -0.2) is 25.5 Å². The van der Waals surface area contributed by atoms with E-state index in [-0.39, 0.29) is 24.2 Å². The Kier molecular flexibility index (Phi) is 6.05. The number of hydrogen-bond acceptors (Lipinski definition) is 4. The SMILES string of the molecule is O=C(Cn1nc(C(F)F)c(Cl)c1C1CC1)Nc1cnn(COc2ccc(Br)cc2)c1. The Hall–Kier alpha value is -2.46. The average molecular weight is 501 g/mol. The number of benzene rings is 1. The summed E-state index contributed by atoms with van der Waals surface area (Å²) in [7, 11) is 0. The number of rotatable bonds is 8. The second kappa shape index (κ2) is 8.73. The monoisotopic (exact) mass is 499 g/mol. The van der Waals surface area contributed by atoms with Gasteiger partial charge in [-0.2, -0.15) is 10.2 Å². The zero-order chi connectivity index (χ0) is 21.3. The molecule has 0 radical (unpaired) electrons. The van der Waals surface area contributed by atoms with Gasteiger partial charge in [0.25, 0.3) is 6.43 Å². The van der Waals surface area contributed by atoms with E-state index in [1.54, 1.807) is 6.20 Å². The number of hydrogen-bond donors (Lipinski definition) is 1. The molecule has 1 aliphatic carbocycles. The van der Waals surface area contributed by atoms with Crippen molar-refractivity contribution in [2.24, 2.45) is 0 Å². The Balaban J connectivity index is 1.37. The number of ether oxygens (including phenoxy) is 1. The number of carbonyl (C=O) groups is 1. The molecule has 7 nitrogen and oxygen atoms in total. The molecule has 11 heteroatoms. The van der Waals surface area contributed by atoms with Gasteiger partial charge in [0.15, 0.2) is 6.73 Å². The van der Waals surface area contributed by atoms with Crippen LogP contribution >= 0.6 is 27.5 Å². The Morgan fingerprint density at radius 1 is 1.33 bits per heavy atom. The molecule has 1 N–H and O–H groups in total. The van der Waals surface area contributed by atoms with E-state index in [0.29, 0.717) is 17.1 Å². The van der Waals surface area contributed by atoms with E-state index < -0.39 is 18.0 Å². The van der Waals surface area contributed by atoms with E-state index in [1.165, 1.54) is 15.6 Å². The summed E-state index contributed by atoms with van der Waals surface area (Å²) in [4.78, 5) is 12.4. The minimum atomic E-state index is -2.79. The van der Waals surface area contributed by atoms with Crippen molar-refractivity contribution in [3.63, 3.8) is 0 Å². The van der Waals surface area contributed by atoms with Crippen molar-refractivity contribution in [2.75, 3.05) is 5.32 Å². The molecule has 1 saturated carbocycles. The largest absolute Gasteiger partial charge is 0.471 e. The van der Waals surface area contributed by atoms with Gasteiger partial charge in [0.2, 0.25) is 5.91 Å². The van der Waals surface area contributed by atoms with Crippen molar-refractivity contribution in [3.05, 3.63) is 57.5 Å². The van der Waals surface area contributed by atoms with Crippen molar-refractivity contribution in [1.82, 2.24) is 19.6 Å². The van der Waals surface area contributed by atoms with Crippen LogP contribution in [0.2, 0.25) is 5.02 Å². The second-order valence-corrected chi connectivity index (χ2v) is 8.15. The molecule has 30 heavy (non-hydrogen) atoms. The van der Waals surface area contributed by atoms with Gasteiger partial charge in [-0.1, -0.05) is 27.5 Å². The third kappa shape index (κ3) is 4.81. The molecule has 1 aromatic carbocycles. The topological polar surface area (TPSA) is 74.0 Å². The van der Waals surface area contributed by atoms with Gasteiger partial charge in [0.05, 0.1) is 28.8 Å². The van der Waals surface area contributed by atoms with E-state index >= 15 is 0 Å². The highest BCUT2D eigenvalue weighted by molar-refractivity contribution is 9.10. The first-order chi connectivity index (χ1) is 14.4. The highest BCUT2D eigenvalue weighted by Gasteiger charge is 2.34. The smallest absolute Gasteiger partial charge is 0.283 e. The number of anilines is 1. The molecule has 1 fully saturated rings. The summed E-state index contributed by atoms with van der Waals surface area (Å²) >= 11 is 9.43. The van der Waals surface area contributed by atoms with E-state index in [9.17, 15) is 13.6 Å². The zero-order valence-electron chi connectivity index (χ0n) is 15.6. The van der Waals surface area contributed by atoms with Crippen molar-refractivity contribution < 1.29 is 18.3 Å². The Morgan fingerprint density at radius 3 is 2.73 bits per heavy atom. The maximum atomic E-state index is 13.1. The summed E-state index contributed by atoms with van der Waals surface area (Å²) in [6, 6.07) is 7.36. The van der Waals surface area contributed by atoms with Crippen LogP contribution in [0.1, 0.15) is 36.6 Å². The number of halogens is 4. The van der Waals surface area contributed by atoms with Gasteiger partial charge in [-0.15, -0.1) is 0 Å². The first-order valence-corrected chi connectivity index (χ1v) is 10.3. The first kappa shape index (κ1) is 20.8. The van der Waals surface area contributed by atoms with Gasteiger partial charge >= 0.3 is 0 Å². The molecule has 158 valence electrons. The highest BCUT2D eigenvalue weighted by atomic mass is 79.9. The first-order valence-electron chi connectivity index (χ1n) is 9.15. The predicted molar refractivity (Wildman–Crippen MR) is 110 cm³/mol. The molecule has 0 unspecified atom stereocenters. The lowest BCUT2D eigenvalue weighted by molar-refractivity contribution is -0.117. The van der Waals surface area contributed by atoms with Gasteiger partial charge in [-0.25, -0.2) is 13.5 Å². The van der Waals surface area contributed by atoms with Crippen LogP contribution in [-0.2, 0) is 18.1 Å². The second-order valence-electron chi connectivity index (χ2n) is 6.86. The van der Waals surface area contributed by atoms with Gasteiger partial charge in [0.1, 0.15) is 18.0 Å². The summed E-state index contributed by atoms with van der Waals surface area (Å²) < 4.78 is 35.6. The van der Waals surface area contributed by atoms with Gasteiger partial charge in [-0.05, 0) is 37.1 Å². The predicted octanol–water partition coefficient (Wildman–Crippen LogP) is 4.99. The molecule has 0 atom stereocenters. The van der Waals surface area contributed by atoms with Crippen molar-refractivity contribution in [2.45, 2.75) is 38.5 Å². The van der Waals surface area contributed by atoms with Crippen LogP contribution in [0.15, 0.2) is 41.1 Å². The number of carbonyl (C=O) groups excluding carboxylic acids is 1. The Morgan fingerprint density at radius 2 is 2.07 bits per heavy atom. The maximum Gasteiger partial charge on any atom is 0.283 e. The fourth-order valence-corrected chi connectivity index (χ4v) is 3.62. The van der Waals surface area contributed by atoms with Gasteiger partial charge in [0, 0.05) is 10.4 Å². The standard InChI is InChI=1S/C19H17BrClF2N5O2/c20-12-3-5-14(6-4-12)30-10-27-8-13(7-24-27)25-15(29)9-28-18(11-1-2-11)16(21)17(26-28)19(22)23/h3-8,11,19H,1-2,9-10H2,(H,25,29). The fraction of sp³-hybridized carbons (Fsp3) is 0.316. The van der Waals surface area contributed by atoms with Crippen LogP contribution < -0.4 is 10.1 Å². The fourth-order valence-electron chi connectivity index (χ4n) is 2.99. The van der Waals surface area contributed by atoms with Crippen molar-refractivity contribution in [3.8, 4) is 5.75 Å². The summed E-state index contributed by atoms with van der Waals surface area (Å²) in [6.45, 7) is -0.0469. The molecule has 1 amide bonds. The quantitative estimate of drug-likeness (QED) is 0.473. The third-order valence-corrected chi connectivity index (χ3v) is 5.43.